The summed E-state index contributed by atoms with van der Waals surface area (Å²) in [5.74, 6) is -5.39. The van der Waals surface area contributed by atoms with Gasteiger partial charge in [-0.2, -0.15) is 0 Å². The number of halogens is 3. The fraction of sp³-hybridized carbons (Fsp3) is 0.300. The predicted octanol–water partition coefficient (Wildman–Crippen LogP) is 1.75. The molecular formula is C10H10F3NO2. The second-order valence-electron chi connectivity index (χ2n) is 3.38. The summed E-state index contributed by atoms with van der Waals surface area (Å²) in [6, 6.07) is 0.757. The van der Waals surface area contributed by atoms with Gasteiger partial charge >= 0.3 is 5.97 Å². The molecule has 3 nitrogen and oxygen atoms in total. The van der Waals surface area contributed by atoms with E-state index >= 15 is 0 Å². The summed E-state index contributed by atoms with van der Waals surface area (Å²) in [6.07, 6.45) is -0.148. The standard InChI is InChI=1S/C10H10F3NO2/c1-2-10(14,9(15)16)5-3-7(12)8(13)4-6(5)11/h3-4H,2,14H2,1H3,(H,15,16)/t10-/m1/s1. The molecule has 0 fully saturated rings. The van der Waals surface area contributed by atoms with Crippen LogP contribution in [0.25, 0.3) is 0 Å². The van der Waals surface area contributed by atoms with Crippen LogP contribution in [-0.2, 0) is 10.3 Å². The Morgan fingerprint density at radius 1 is 1.31 bits per heavy atom. The SMILES string of the molecule is CC[C@](N)(C(=O)O)c1cc(F)c(F)cc1F. The van der Waals surface area contributed by atoms with E-state index in [-0.39, 0.29) is 12.5 Å². The fourth-order valence-corrected chi connectivity index (χ4v) is 1.32. The minimum Gasteiger partial charge on any atom is -0.480 e. The molecule has 0 spiro atoms. The summed E-state index contributed by atoms with van der Waals surface area (Å²) in [6.45, 7) is 1.41. The lowest BCUT2D eigenvalue weighted by Crippen LogP contribution is -2.45. The smallest absolute Gasteiger partial charge is 0.328 e. The van der Waals surface area contributed by atoms with Crippen LogP contribution in [0, 0.1) is 17.5 Å². The van der Waals surface area contributed by atoms with Crippen molar-refractivity contribution in [2.24, 2.45) is 5.73 Å². The first-order valence-electron chi connectivity index (χ1n) is 4.50. The lowest BCUT2D eigenvalue weighted by atomic mass is 9.88. The van der Waals surface area contributed by atoms with Gasteiger partial charge in [0.15, 0.2) is 11.6 Å². The lowest BCUT2D eigenvalue weighted by molar-refractivity contribution is -0.144. The molecule has 1 atom stereocenters. The van der Waals surface area contributed by atoms with Crippen LogP contribution in [0.4, 0.5) is 13.2 Å². The molecule has 0 saturated carbocycles. The van der Waals surface area contributed by atoms with Gasteiger partial charge in [-0.1, -0.05) is 6.92 Å². The van der Waals surface area contributed by atoms with Crippen molar-refractivity contribution in [3.8, 4) is 0 Å². The number of aliphatic carboxylic acids is 1. The Kier molecular flexibility index (Phi) is 3.23. The molecule has 88 valence electrons. The molecule has 6 heteroatoms. The second-order valence-corrected chi connectivity index (χ2v) is 3.38. The molecule has 16 heavy (non-hydrogen) atoms. The van der Waals surface area contributed by atoms with E-state index in [0.717, 1.165) is 0 Å². The number of hydrogen-bond donors (Lipinski definition) is 2. The van der Waals surface area contributed by atoms with E-state index in [4.69, 9.17) is 10.8 Å². The average molecular weight is 233 g/mol. The van der Waals surface area contributed by atoms with E-state index in [1.165, 1.54) is 6.92 Å². The van der Waals surface area contributed by atoms with Crippen LogP contribution in [0.5, 0.6) is 0 Å². The molecule has 0 heterocycles. The molecule has 0 aliphatic carbocycles. The van der Waals surface area contributed by atoms with E-state index in [1.807, 2.05) is 0 Å². The second kappa shape index (κ2) is 4.13. The third-order valence-electron chi connectivity index (χ3n) is 2.43. The Labute approximate surface area is 89.7 Å². The Morgan fingerprint density at radius 3 is 2.25 bits per heavy atom. The van der Waals surface area contributed by atoms with Crippen LogP contribution in [0.2, 0.25) is 0 Å². The van der Waals surface area contributed by atoms with E-state index < -0.39 is 34.5 Å². The number of rotatable bonds is 3. The largest absolute Gasteiger partial charge is 0.480 e. The van der Waals surface area contributed by atoms with Gasteiger partial charge in [0.1, 0.15) is 11.4 Å². The summed E-state index contributed by atoms with van der Waals surface area (Å²) in [4.78, 5) is 10.9. The van der Waals surface area contributed by atoms with Crippen molar-refractivity contribution in [1.29, 1.82) is 0 Å². The highest BCUT2D eigenvalue weighted by Gasteiger charge is 2.37. The van der Waals surface area contributed by atoms with Crippen molar-refractivity contribution < 1.29 is 23.1 Å². The van der Waals surface area contributed by atoms with Crippen LogP contribution < -0.4 is 5.73 Å². The van der Waals surface area contributed by atoms with Crippen molar-refractivity contribution in [3.05, 3.63) is 35.1 Å². The summed E-state index contributed by atoms with van der Waals surface area (Å²) >= 11 is 0. The maximum Gasteiger partial charge on any atom is 0.328 e. The van der Waals surface area contributed by atoms with E-state index in [0.29, 0.717) is 6.07 Å². The monoisotopic (exact) mass is 233 g/mol. The summed E-state index contributed by atoms with van der Waals surface area (Å²) in [5.41, 5.74) is 2.83. The van der Waals surface area contributed by atoms with Crippen LogP contribution in [0.1, 0.15) is 18.9 Å². The number of carboxylic acid groups (broad SMARTS) is 1. The van der Waals surface area contributed by atoms with Crippen molar-refractivity contribution in [2.45, 2.75) is 18.9 Å². The summed E-state index contributed by atoms with van der Waals surface area (Å²) in [5, 5.41) is 8.86. The quantitative estimate of drug-likeness (QED) is 0.782. The molecule has 0 saturated heterocycles. The Morgan fingerprint density at radius 2 is 1.81 bits per heavy atom. The van der Waals surface area contributed by atoms with Gasteiger partial charge in [0, 0.05) is 11.6 Å². The zero-order valence-corrected chi connectivity index (χ0v) is 8.43. The highest BCUT2D eigenvalue weighted by molar-refractivity contribution is 5.80. The van der Waals surface area contributed by atoms with E-state index in [9.17, 15) is 18.0 Å². The number of hydrogen-bond acceptors (Lipinski definition) is 2. The van der Waals surface area contributed by atoms with Gasteiger partial charge in [-0.15, -0.1) is 0 Å². The third kappa shape index (κ3) is 1.88. The molecule has 0 aliphatic heterocycles. The highest BCUT2D eigenvalue weighted by Crippen LogP contribution is 2.27. The maximum atomic E-state index is 13.3. The lowest BCUT2D eigenvalue weighted by Gasteiger charge is -2.24. The normalized spacial score (nSPS) is 14.6. The van der Waals surface area contributed by atoms with Gasteiger partial charge in [-0.05, 0) is 12.5 Å². The number of benzene rings is 1. The number of carbonyl (C=O) groups is 1. The predicted molar refractivity (Wildman–Crippen MR) is 50.1 cm³/mol. The molecule has 0 radical (unpaired) electrons. The first-order chi connectivity index (χ1) is 7.32. The van der Waals surface area contributed by atoms with E-state index in [2.05, 4.69) is 0 Å². The molecule has 1 aromatic carbocycles. The van der Waals surface area contributed by atoms with Gasteiger partial charge < -0.3 is 10.8 Å². The topological polar surface area (TPSA) is 63.3 Å². The van der Waals surface area contributed by atoms with E-state index in [1.54, 1.807) is 0 Å². The van der Waals surface area contributed by atoms with Crippen molar-refractivity contribution in [1.82, 2.24) is 0 Å². The van der Waals surface area contributed by atoms with Crippen molar-refractivity contribution in [3.63, 3.8) is 0 Å². The maximum absolute atomic E-state index is 13.3. The zero-order chi connectivity index (χ0) is 12.5. The first-order valence-corrected chi connectivity index (χ1v) is 4.50. The molecular weight excluding hydrogens is 223 g/mol. The molecule has 0 amide bonds. The minimum absolute atomic E-state index is 0.148. The van der Waals surface area contributed by atoms with Crippen molar-refractivity contribution >= 4 is 5.97 Å². The van der Waals surface area contributed by atoms with Crippen LogP contribution in [0.3, 0.4) is 0 Å². The molecule has 0 aliphatic rings. The van der Waals surface area contributed by atoms with Crippen LogP contribution in [-0.4, -0.2) is 11.1 Å². The Balaban J connectivity index is 3.42. The molecule has 1 rings (SSSR count). The van der Waals surface area contributed by atoms with Gasteiger partial charge in [-0.25, -0.2) is 18.0 Å². The molecule has 0 aromatic heterocycles. The molecule has 0 bridgehead atoms. The minimum atomic E-state index is -2.06. The highest BCUT2D eigenvalue weighted by atomic mass is 19.2. The fourth-order valence-electron chi connectivity index (χ4n) is 1.32. The molecule has 1 aromatic rings. The van der Waals surface area contributed by atoms with Gasteiger partial charge in [0.2, 0.25) is 0 Å². The Hall–Kier alpha value is -1.56. The molecule has 0 unspecified atom stereocenters. The Bertz CT molecular complexity index is 436. The molecule has 3 N–H and O–H groups in total. The average Bonchev–Trinajstić information content (AvgIpc) is 2.22. The van der Waals surface area contributed by atoms with Gasteiger partial charge in [0.25, 0.3) is 0 Å². The van der Waals surface area contributed by atoms with Gasteiger partial charge in [-0.3, -0.25) is 0 Å². The summed E-state index contributed by atoms with van der Waals surface area (Å²) in [7, 11) is 0. The zero-order valence-electron chi connectivity index (χ0n) is 8.43. The third-order valence-corrected chi connectivity index (χ3v) is 2.43. The van der Waals surface area contributed by atoms with Crippen molar-refractivity contribution in [2.75, 3.05) is 0 Å². The van der Waals surface area contributed by atoms with Crippen LogP contribution in [0.15, 0.2) is 12.1 Å². The number of carboxylic acids is 1. The van der Waals surface area contributed by atoms with Gasteiger partial charge in [0.05, 0.1) is 0 Å². The summed E-state index contributed by atoms with van der Waals surface area (Å²) < 4.78 is 38.9. The van der Waals surface area contributed by atoms with Crippen LogP contribution >= 0.6 is 0 Å². The number of nitrogens with two attached hydrogens (primary N) is 1. The first kappa shape index (κ1) is 12.5.